The van der Waals surface area contributed by atoms with E-state index in [2.05, 4.69) is 5.32 Å². The molecule has 1 amide bonds. The van der Waals surface area contributed by atoms with Gasteiger partial charge in [-0.15, -0.1) is 0 Å². The predicted molar refractivity (Wildman–Crippen MR) is 69.5 cm³/mol. The highest BCUT2D eigenvalue weighted by molar-refractivity contribution is 5.94. The third kappa shape index (κ3) is 3.72. The number of nitrogens with zero attached hydrogens (tertiary/aromatic N) is 1. The molecule has 1 aromatic rings. The van der Waals surface area contributed by atoms with Crippen LogP contribution in [0.2, 0.25) is 0 Å². The molecular weight excluding hydrogens is 269 g/mol. The van der Waals surface area contributed by atoms with Crippen LogP contribution < -0.4 is 5.32 Å². The van der Waals surface area contributed by atoms with Gasteiger partial charge in [0.05, 0.1) is 6.42 Å². The second-order valence-electron chi connectivity index (χ2n) is 5.00. The summed E-state index contributed by atoms with van der Waals surface area (Å²) in [6.07, 6.45) is -4.32. The van der Waals surface area contributed by atoms with Gasteiger partial charge in [-0.2, -0.15) is 13.2 Å². The summed E-state index contributed by atoms with van der Waals surface area (Å²) < 4.78 is 36.5. The molecule has 0 aliphatic carbocycles. The van der Waals surface area contributed by atoms with Gasteiger partial charge in [0.15, 0.2) is 0 Å². The van der Waals surface area contributed by atoms with Gasteiger partial charge in [0.2, 0.25) is 0 Å². The number of carbonyl (C=O) groups is 1. The molecule has 2 rings (SSSR count). The molecule has 6 heteroatoms. The number of hydrogen-bond donors (Lipinski definition) is 1. The summed E-state index contributed by atoms with van der Waals surface area (Å²) in [4.78, 5) is 13.2. The summed E-state index contributed by atoms with van der Waals surface area (Å²) in [6.45, 7) is 1.28. The van der Waals surface area contributed by atoms with Crippen molar-refractivity contribution in [1.82, 2.24) is 10.2 Å². The van der Waals surface area contributed by atoms with E-state index in [4.69, 9.17) is 0 Å². The highest BCUT2D eigenvalue weighted by Crippen LogP contribution is 2.21. The van der Waals surface area contributed by atoms with Crippen molar-refractivity contribution in [3.05, 3.63) is 34.9 Å². The van der Waals surface area contributed by atoms with Crippen LogP contribution in [-0.2, 0) is 13.0 Å². The van der Waals surface area contributed by atoms with Gasteiger partial charge in [-0.25, -0.2) is 0 Å². The Hall–Kier alpha value is -1.56. The van der Waals surface area contributed by atoms with E-state index in [1.54, 1.807) is 12.1 Å². The van der Waals surface area contributed by atoms with E-state index in [1.807, 2.05) is 6.07 Å². The molecule has 3 nitrogen and oxygen atoms in total. The fourth-order valence-electron chi connectivity index (χ4n) is 2.23. The fraction of sp³-hybridized carbons (Fsp3) is 0.500. The Bertz CT molecular complexity index is 500. The number of rotatable bonds is 3. The molecule has 0 aromatic heterocycles. The monoisotopic (exact) mass is 286 g/mol. The van der Waals surface area contributed by atoms with Crippen molar-refractivity contribution in [3.63, 3.8) is 0 Å². The van der Waals surface area contributed by atoms with E-state index in [0.717, 1.165) is 23.4 Å². The number of nitrogens with one attached hydrogen (secondary N) is 1. The first kappa shape index (κ1) is 14.8. The van der Waals surface area contributed by atoms with Crippen LogP contribution in [0.4, 0.5) is 13.2 Å². The topological polar surface area (TPSA) is 32.3 Å². The van der Waals surface area contributed by atoms with Crippen LogP contribution in [0.5, 0.6) is 0 Å². The van der Waals surface area contributed by atoms with Gasteiger partial charge >= 0.3 is 6.18 Å². The minimum absolute atomic E-state index is 0.322. The first-order chi connectivity index (χ1) is 9.37. The third-order valence-electron chi connectivity index (χ3n) is 3.42. The van der Waals surface area contributed by atoms with Crippen LogP contribution in [0, 0.1) is 0 Å². The van der Waals surface area contributed by atoms with Gasteiger partial charge < -0.3 is 10.2 Å². The molecule has 0 fully saturated rings. The maximum absolute atomic E-state index is 12.2. The largest absolute Gasteiger partial charge is 0.390 e. The number of benzene rings is 1. The van der Waals surface area contributed by atoms with Crippen LogP contribution in [0.1, 0.15) is 27.9 Å². The average molecular weight is 286 g/mol. The van der Waals surface area contributed by atoms with Crippen molar-refractivity contribution >= 4 is 5.91 Å². The molecule has 0 saturated heterocycles. The Balaban J connectivity index is 2.05. The standard InChI is InChI=1S/C14H17F3N2O/c1-19(7-5-14(15,16)17)13(20)11-3-2-10-4-6-18-9-12(10)8-11/h2-3,8,18H,4-7,9H2,1H3. The Morgan fingerprint density at radius 2 is 2.10 bits per heavy atom. The zero-order valence-electron chi connectivity index (χ0n) is 11.3. The van der Waals surface area contributed by atoms with Crippen LogP contribution >= 0.6 is 0 Å². The molecule has 1 heterocycles. The zero-order chi connectivity index (χ0) is 14.8. The highest BCUT2D eigenvalue weighted by Gasteiger charge is 2.28. The number of amides is 1. The second-order valence-corrected chi connectivity index (χ2v) is 5.00. The maximum atomic E-state index is 12.2. The SMILES string of the molecule is CN(CCC(F)(F)F)C(=O)c1ccc2c(c1)CNCC2. The molecule has 1 N–H and O–H groups in total. The lowest BCUT2D eigenvalue weighted by atomic mass is 9.98. The lowest BCUT2D eigenvalue weighted by Crippen LogP contribution is -2.31. The molecule has 0 saturated carbocycles. The van der Waals surface area contributed by atoms with Crippen molar-refractivity contribution in [1.29, 1.82) is 0 Å². The fourth-order valence-corrected chi connectivity index (χ4v) is 2.23. The molecule has 0 spiro atoms. The van der Waals surface area contributed by atoms with Gasteiger partial charge in [-0.05, 0) is 36.2 Å². The zero-order valence-corrected chi connectivity index (χ0v) is 11.3. The first-order valence-electron chi connectivity index (χ1n) is 6.51. The molecule has 110 valence electrons. The quantitative estimate of drug-likeness (QED) is 0.925. The van der Waals surface area contributed by atoms with Crippen molar-refractivity contribution < 1.29 is 18.0 Å². The average Bonchev–Trinajstić information content (AvgIpc) is 2.42. The summed E-state index contributed by atoms with van der Waals surface area (Å²) >= 11 is 0. The molecule has 0 radical (unpaired) electrons. The van der Waals surface area contributed by atoms with Crippen LogP contribution in [0.25, 0.3) is 0 Å². The lowest BCUT2D eigenvalue weighted by molar-refractivity contribution is -0.136. The van der Waals surface area contributed by atoms with Crippen molar-refractivity contribution in [3.8, 4) is 0 Å². The van der Waals surface area contributed by atoms with E-state index in [9.17, 15) is 18.0 Å². The summed E-state index contributed by atoms with van der Waals surface area (Å²) in [5.41, 5.74) is 2.68. The predicted octanol–water partition coefficient (Wildman–Crippen LogP) is 2.36. The van der Waals surface area contributed by atoms with Crippen LogP contribution in [-0.4, -0.2) is 37.1 Å². The number of fused-ring (bicyclic) bond motifs is 1. The smallest absolute Gasteiger partial charge is 0.341 e. The van der Waals surface area contributed by atoms with E-state index in [1.165, 1.54) is 12.6 Å². The van der Waals surface area contributed by atoms with E-state index < -0.39 is 12.6 Å². The molecule has 1 aliphatic rings. The normalized spacial score (nSPS) is 14.8. The van der Waals surface area contributed by atoms with Crippen molar-refractivity contribution in [2.45, 2.75) is 25.6 Å². The molecule has 0 bridgehead atoms. The summed E-state index contributed by atoms with van der Waals surface area (Å²) in [6, 6.07) is 5.35. The Morgan fingerprint density at radius 1 is 1.35 bits per heavy atom. The van der Waals surface area contributed by atoms with Crippen LogP contribution in [0.3, 0.4) is 0 Å². The number of halogens is 3. The van der Waals surface area contributed by atoms with Gasteiger partial charge in [0, 0.05) is 25.7 Å². The summed E-state index contributed by atoms with van der Waals surface area (Å²) in [5.74, 6) is -0.373. The molecular formula is C14H17F3N2O. The summed E-state index contributed by atoms with van der Waals surface area (Å²) in [7, 11) is 1.39. The number of hydrogen-bond acceptors (Lipinski definition) is 2. The van der Waals surface area contributed by atoms with Crippen molar-refractivity contribution in [2.24, 2.45) is 0 Å². The van der Waals surface area contributed by atoms with E-state index in [0.29, 0.717) is 12.1 Å². The van der Waals surface area contributed by atoms with E-state index in [-0.39, 0.29) is 12.5 Å². The molecule has 1 aromatic carbocycles. The Kier molecular flexibility index (Phi) is 4.32. The highest BCUT2D eigenvalue weighted by atomic mass is 19.4. The van der Waals surface area contributed by atoms with Gasteiger partial charge in [0.25, 0.3) is 5.91 Å². The van der Waals surface area contributed by atoms with Gasteiger partial charge in [0.1, 0.15) is 0 Å². The molecule has 0 unspecified atom stereocenters. The lowest BCUT2D eigenvalue weighted by Gasteiger charge is -2.21. The number of carbonyl (C=O) groups excluding carboxylic acids is 1. The molecule has 20 heavy (non-hydrogen) atoms. The minimum atomic E-state index is -4.24. The van der Waals surface area contributed by atoms with Gasteiger partial charge in [-0.3, -0.25) is 4.79 Å². The third-order valence-corrected chi connectivity index (χ3v) is 3.42. The second kappa shape index (κ2) is 5.83. The summed E-state index contributed by atoms with van der Waals surface area (Å²) in [5, 5.41) is 3.21. The molecule has 0 atom stereocenters. The minimum Gasteiger partial charge on any atom is -0.341 e. The maximum Gasteiger partial charge on any atom is 0.390 e. The van der Waals surface area contributed by atoms with Gasteiger partial charge in [-0.1, -0.05) is 6.07 Å². The Morgan fingerprint density at radius 3 is 2.80 bits per heavy atom. The van der Waals surface area contributed by atoms with Crippen molar-refractivity contribution in [2.75, 3.05) is 20.1 Å². The Labute approximate surface area is 115 Å². The number of alkyl halides is 3. The van der Waals surface area contributed by atoms with E-state index >= 15 is 0 Å². The van der Waals surface area contributed by atoms with Crippen LogP contribution in [0.15, 0.2) is 18.2 Å². The first-order valence-corrected chi connectivity index (χ1v) is 6.51. The molecule has 1 aliphatic heterocycles.